The van der Waals surface area contributed by atoms with Crippen molar-refractivity contribution in [3.8, 4) is 22.3 Å². The zero-order valence-corrected chi connectivity index (χ0v) is 13.3. The maximum atomic E-state index is 12.6. The molecular weight excluding hydrogens is 330 g/mol. The Balaban J connectivity index is 1.57. The van der Waals surface area contributed by atoms with Gasteiger partial charge in [0.25, 0.3) is 5.91 Å². The van der Waals surface area contributed by atoms with E-state index < -0.39 is 0 Å². The largest absolute Gasteiger partial charge is 0.490 e. The average molecular weight is 343 g/mol. The van der Waals surface area contributed by atoms with Gasteiger partial charge in [0.1, 0.15) is 0 Å². The van der Waals surface area contributed by atoms with Crippen LogP contribution in [0.25, 0.3) is 10.8 Å². The van der Waals surface area contributed by atoms with E-state index in [9.17, 15) is 4.79 Å². The summed E-state index contributed by atoms with van der Waals surface area (Å²) in [7, 11) is 0. The molecule has 4 rings (SSSR count). The number of rotatable bonds is 3. The van der Waals surface area contributed by atoms with Crippen molar-refractivity contribution in [3.63, 3.8) is 0 Å². The Morgan fingerprint density at radius 2 is 2.04 bits per heavy atom. The number of hydrogen-bond acceptors (Lipinski definition) is 7. The second-order valence-electron chi connectivity index (χ2n) is 5.03. The molecule has 1 aromatic carbocycles. The third kappa shape index (κ3) is 2.83. The highest BCUT2D eigenvalue weighted by atomic mass is 32.1. The van der Waals surface area contributed by atoms with E-state index in [4.69, 9.17) is 13.9 Å². The Kier molecular flexibility index (Phi) is 3.87. The van der Waals surface area contributed by atoms with Gasteiger partial charge >= 0.3 is 0 Å². The number of ether oxygens (including phenoxy) is 2. The van der Waals surface area contributed by atoms with Crippen LogP contribution in [0.5, 0.6) is 11.5 Å². The number of benzene rings is 1. The predicted octanol–water partition coefficient (Wildman–Crippen LogP) is 3.21. The second-order valence-corrected chi connectivity index (χ2v) is 6.00. The molecule has 2 aromatic heterocycles. The van der Waals surface area contributed by atoms with Gasteiger partial charge < -0.3 is 13.9 Å². The van der Waals surface area contributed by atoms with Crippen LogP contribution in [0.4, 0.5) is 5.13 Å². The van der Waals surface area contributed by atoms with Crippen LogP contribution >= 0.6 is 11.3 Å². The fourth-order valence-electron chi connectivity index (χ4n) is 2.31. The first kappa shape index (κ1) is 14.7. The number of carbonyl (C=O) groups is 1. The number of hydrogen-bond donors (Lipinski definition) is 1. The topological polar surface area (TPSA) is 86.5 Å². The van der Waals surface area contributed by atoms with Gasteiger partial charge in [-0.1, -0.05) is 17.4 Å². The van der Waals surface area contributed by atoms with Crippen LogP contribution in [0.15, 0.2) is 41.0 Å². The zero-order chi connectivity index (χ0) is 16.4. The highest BCUT2D eigenvalue weighted by Gasteiger charge is 2.21. The summed E-state index contributed by atoms with van der Waals surface area (Å²) in [5, 5.41) is 11.7. The maximum Gasteiger partial charge on any atom is 0.261 e. The average Bonchev–Trinajstić information content (AvgIpc) is 3.21. The van der Waals surface area contributed by atoms with E-state index >= 15 is 0 Å². The molecule has 7 nitrogen and oxygen atoms in total. The van der Waals surface area contributed by atoms with Gasteiger partial charge in [0.05, 0.1) is 25.0 Å². The third-order valence-corrected chi connectivity index (χ3v) is 4.25. The van der Waals surface area contributed by atoms with E-state index in [-0.39, 0.29) is 5.91 Å². The van der Waals surface area contributed by atoms with Crippen molar-refractivity contribution in [1.29, 1.82) is 0 Å². The van der Waals surface area contributed by atoms with E-state index in [1.165, 1.54) is 11.3 Å². The Hall–Kier alpha value is -2.87. The van der Waals surface area contributed by atoms with Crippen LogP contribution in [-0.2, 0) is 0 Å². The van der Waals surface area contributed by atoms with Gasteiger partial charge in [-0.3, -0.25) is 10.1 Å². The van der Waals surface area contributed by atoms with Gasteiger partial charge in [-0.15, -0.1) is 10.2 Å². The number of aromatic nitrogens is 2. The summed E-state index contributed by atoms with van der Waals surface area (Å²) in [5.74, 6) is 1.33. The molecule has 1 amide bonds. The van der Waals surface area contributed by atoms with Crippen molar-refractivity contribution in [2.24, 2.45) is 0 Å². The minimum atomic E-state index is -0.320. The first-order chi connectivity index (χ1) is 11.8. The summed E-state index contributed by atoms with van der Waals surface area (Å²) >= 11 is 1.24. The maximum absolute atomic E-state index is 12.6. The number of fused-ring (bicyclic) bond motifs is 1. The lowest BCUT2D eigenvalue weighted by molar-refractivity contribution is 0.102. The fourth-order valence-corrected chi connectivity index (χ4v) is 3.02. The molecule has 0 saturated carbocycles. The standard InChI is InChI=1S/C16H13N3O4S/c20-14(10-4-1-5-11-13(10)23-9-3-8-21-11)17-16-19-18-15(24-16)12-6-2-7-22-12/h1-2,4-7H,3,8-9H2,(H,17,19,20). The van der Waals surface area contributed by atoms with E-state index in [1.807, 2.05) is 0 Å². The van der Waals surface area contributed by atoms with E-state index in [1.54, 1.807) is 36.6 Å². The summed E-state index contributed by atoms with van der Waals surface area (Å²) in [4.78, 5) is 12.6. The number of nitrogens with one attached hydrogen (secondary N) is 1. The second kappa shape index (κ2) is 6.32. The molecule has 1 aliphatic heterocycles. The summed E-state index contributed by atoms with van der Waals surface area (Å²) in [6.45, 7) is 1.08. The number of carbonyl (C=O) groups excluding carboxylic acids is 1. The fraction of sp³-hybridized carbons (Fsp3) is 0.188. The number of nitrogens with zero attached hydrogens (tertiary/aromatic N) is 2. The lowest BCUT2D eigenvalue weighted by atomic mass is 10.1. The predicted molar refractivity (Wildman–Crippen MR) is 87.6 cm³/mol. The van der Waals surface area contributed by atoms with E-state index in [0.29, 0.717) is 46.2 Å². The number of para-hydroxylation sites is 1. The highest BCUT2D eigenvalue weighted by Crippen LogP contribution is 2.34. The number of anilines is 1. The van der Waals surface area contributed by atoms with Crippen molar-refractivity contribution in [2.75, 3.05) is 18.5 Å². The van der Waals surface area contributed by atoms with Crippen molar-refractivity contribution < 1.29 is 18.7 Å². The van der Waals surface area contributed by atoms with Crippen LogP contribution in [0, 0.1) is 0 Å². The molecule has 0 unspecified atom stereocenters. The minimum Gasteiger partial charge on any atom is -0.490 e. The summed E-state index contributed by atoms with van der Waals surface area (Å²) in [6.07, 6.45) is 2.34. The zero-order valence-electron chi connectivity index (χ0n) is 12.5. The highest BCUT2D eigenvalue weighted by molar-refractivity contribution is 7.18. The molecular formula is C16H13N3O4S. The van der Waals surface area contributed by atoms with E-state index in [0.717, 1.165) is 6.42 Å². The van der Waals surface area contributed by atoms with Crippen molar-refractivity contribution in [1.82, 2.24) is 10.2 Å². The van der Waals surface area contributed by atoms with Crippen LogP contribution in [0.2, 0.25) is 0 Å². The van der Waals surface area contributed by atoms with Crippen LogP contribution in [-0.4, -0.2) is 29.3 Å². The van der Waals surface area contributed by atoms with Crippen molar-refractivity contribution in [2.45, 2.75) is 6.42 Å². The molecule has 0 bridgehead atoms. The van der Waals surface area contributed by atoms with Gasteiger partial charge in [0.15, 0.2) is 22.3 Å². The van der Waals surface area contributed by atoms with Gasteiger partial charge in [-0.2, -0.15) is 0 Å². The summed E-state index contributed by atoms with van der Waals surface area (Å²) < 4.78 is 16.5. The molecule has 3 aromatic rings. The molecule has 1 N–H and O–H groups in total. The number of furan rings is 1. The van der Waals surface area contributed by atoms with Gasteiger partial charge in [0.2, 0.25) is 5.13 Å². The Morgan fingerprint density at radius 1 is 1.12 bits per heavy atom. The minimum absolute atomic E-state index is 0.320. The molecule has 1 aliphatic rings. The number of amides is 1. The summed E-state index contributed by atoms with van der Waals surface area (Å²) in [5.41, 5.74) is 0.407. The molecule has 3 heterocycles. The van der Waals surface area contributed by atoms with Crippen LogP contribution < -0.4 is 14.8 Å². The van der Waals surface area contributed by atoms with Gasteiger partial charge in [0, 0.05) is 6.42 Å². The normalized spacial score (nSPS) is 13.3. The third-order valence-electron chi connectivity index (χ3n) is 3.39. The molecule has 0 saturated heterocycles. The van der Waals surface area contributed by atoms with Crippen LogP contribution in [0.3, 0.4) is 0 Å². The SMILES string of the molecule is O=C(Nc1nnc(-c2ccco2)s1)c1cccc2c1OCCCO2. The monoisotopic (exact) mass is 343 g/mol. The van der Waals surface area contributed by atoms with E-state index in [2.05, 4.69) is 15.5 Å². The Bertz CT molecular complexity index is 860. The molecule has 0 radical (unpaired) electrons. The lowest BCUT2D eigenvalue weighted by Gasteiger charge is -2.11. The molecule has 24 heavy (non-hydrogen) atoms. The Morgan fingerprint density at radius 3 is 2.92 bits per heavy atom. The van der Waals surface area contributed by atoms with Crippen molar-refractivity contribution >= 4 is 22.4 Å². The van der Waals surface area contributed by atoms with Gasteiger partial charge in [-0.05, 0) is 24.3 Å². The van der Waals surface area contributed by atoms with Crippen LogP contribution in [0.1, 0.15) is 16.8 Å². The summed E-state index contributed by atoms with van der Waals surface area (Å²) in [6, 6.07) is 8.80. The van der Waals surface area contributed by atoms with Crippen molar-refractivity contribution in [3.05, 3.63) is 42.2 Å². The first-order valence-electron chi connectivity index (χ1n) is 7.38. The smallest absolute Gasteiger partial charge is 0.261 e. The molecule has 0 spiro atoms. The molecule has 122 valence electrons. The molecule has 0 aliphatic carbocycles. The van der Waals surface area contributed by atoms with Gasteiger partial charge in [-0.25, -0.2) is 0 Å². The first-order valence-corrected chi connectivity index (χ1v) is 8.20. The lowest BCUT2D eigenvalue weighted by Crippen LogP contribution is -2.13. The quantitative estimate of drug-likeness (QED) is 0.786. The molecule has 0 fully saturated rings. The molecule has 0 atom stereocenters. The molecule has 8 heteroatoms. The Labute approximate surface area is 141 Å².